The number of rotatable bonds is 0. The predicted molar refractivity (Wildman–Crippen MR) is 39.3 cm³/mol. The van der Waals surface area contributed by atoms with Gasteiger partial charge in [0.1, 0.15) is 0 Å². The van der Waals surface area contributed by atoms with Gasteiger partial charge < -0.3 is 12.2 Å². The molecule has 1 radical (unpaired) electrons. The van der Waals surface area contributed by atoms with Crippen molar-refractivity contribution in [3.8, 4) is 0 Å². The third kappa shape index (κ3) is 2.46. The molecule has 0 unspecified atom stereocenters. The fourth-order valence-electron chi connectivity index (χ4n) is 0.651. The van der Waals surface area contributed by atoms with Crippen LogP contribution in [-0.4, -0.2) is 0 Å². The van der Waals surface area contributed by atoms with Gasteiger partial charge in [0.2, 0.25) is 0 Å². The Morgan fingerprint density at radius 1 is 1.50 bits per heavy atom. The van der Waals surface area contributed by atoms with Crippen molar-refractivity contribution >= 4 is 0 Å². The largest absolute Gasteiger partial charge is 0.584 e. The Bertz CT molecular complexity index is 138. The zero-order chi connectivity index (χ0) is 5.98. The standard InChI is InChI=1S/C7H9O.CH3.Lr/c1-6-3-4-8-7(2)5-6;;/h3-5H,1-2H3;1H3;/q2*-1;. The van der Waals surface area contributed by atoms with E-state index in [1.165, 1.54) is 5.92 Å². The van der Waals surface area contributed by atoms with E-state index in [1.807, 2.05) is 26.0 Å². The molecule has 0 fully saturated rings. The Hall–Kier alpha value is -1.85. The van der Waals surface area contributed by atoms with Crippen molar-refractivity contribution in [2.75, 3.05) is 0 Å². The Labute approximate surface area is 57.0 Å². The molecule has 0 spiro atoms. The van der Waals surface area contributed by atoms with E-state index in [0.29, 0.717) is 0 Å². The van der Waals surface area contributed by atoms with E-state index in [2.05, 4.69) is 0 Å². The third-order valence-corrected chi connectivity index (χ3v) is 1.02. The molecular formula is C8H12LrO-2. The van der Waals surface area contributed by atoms with Gasteiger partial charge in [-0.1, -0.05) is 13.8 Å². The molecular weight excluding hydrogens is 374 g/mol. The van der Waals surface area contributed by atoms with Crippen LogP contribution in [-0.2, 0) is 4.74 Å². The summed E-state index contributed by atoms with van der Waals surface area (Å²) >= 11 is 0. The molecule has 0 N–H and O–H groups in total. The second-order valence-corrected chi connectivity index (χ2v) is 1.92. The van der Waals surface area contributed by atoms with Gasteiger partial charge in [0.05, 0.1) is 0 Å². The number of hydrogen-bond acceptors (Lipinski definition) is 1. The van der Waals surface area contributed by atoms with Gasteiger partial charge in [0, 0.05) is 0 Å². The molecule has 0 aromatic rings. The SMILES string of the molecule is CC1=C[C-](C)C=CO1.[CH3-].[Lr]. The van der Waals surface area contributed by atoms with Crippen molar-refractivity contribution in [3.63, 3.8) is 0 Å². The zero-order valence-corrected chi connectivity index (χ0v) is 8.55. The van der Waals surface area contributed by atoms with Crippen LogP contribution in [0.4, 0.5) is 0 Å². The van der Waals surface area contributed by atoms with E-state index in [9.17, 15) is 0 Å². The van der Waals surface area contributed by atoms with Crippen LogP contribution in [0, 0.1) is 13.3 Å². The first-order valence-electron chi connectivity index (χ1n) is 2.64. The number of allylic oxidation sites excluding steroid dienone is 3. The van der Waals surface area contributed by atoms with E-state index in [1.54, 1.807) is 6.26 Å². The summed E-state index contributed by atoms with van der Waals surface area (Å²) in [4.78, 5) is 0. The second kappa shape index (κ2) is 4.07. The molecule has 0 aliphatic carbocycles. The smallest absolute Gasteiger partial charge is 0 e. The Morgan fingerprint density at radius 2 is 2.10 bits per heavy atom. The van der Waals surface area contributed by atoms with E-state index in [-0.39, 0.29) is 7.43 Å². The van der Waals surface area contributed by atoms with Gasteiger partial charge in [-0.25, -0.2) is 0 Å². The molecule has 67 valence electrons. The topological polar surface area (TPSA) is 9.23 Å². The first-order valence-corrected chi connectivity index (χ1v) is 2.64. The van der Waals surface area contributed by atoms with Gasteiger partial charge in [-0.2, -0.15) is 5.92 Å². The molecule has 10 heavy (non-hydrogen) atoms. The van der Waals surface area contributed by atoms with Crippen molar-refractivity contribution in [3.05, 3.63) is 37.5 Å². The van der Waals surface area contributed by atoms with E-state index in [4.69, 9.17) is 4.74 Å². The van der Waals surface area contributed by atoms with E-state index >= 15 is 0 Å². The molecule has 0 aromatic carbocycles. The summed E-state index contributed by atoms with van der Waals surface area (Å²) < 4.78 is 5.01. The molecule has 1 rings (SSSR count). The average Bonchev–Trinajstić information content (AvgIpc) is 1.64. The molecule has 1 heterocycles. The first kappa shape index (κ1) is 11.0. The molecule has 0 atom stereocenters. The van der Waals surface area contributed by atoms with Crippen LogP contribution in [0.5, 0.6) is 0 Å². The van der Waals surface area contributed by atoms with Gasteiger partial charge in [-0.05, 0) is 12.0 Å². The fourth-order valence-corrected chi connectivity index (χ4v) is 0.651. The molecule has 1 aliphatic rings. The maximum Gasteiger partial charge on any atom is 0 e. The minimum absolute atomic E-state index is 0. The summed E-state index contributed by atoms with van der Waals surface area (Å²) in [5, 5.41) is 0. The maximum atomic E-state index is 5.01. The molecule has 0 saturated carbocycles. The van der Waals surface area contributed by atoms with Gasteiger partial charge >= 0.3 is 0 Å². The number of hydrogen-bond donors (Lipinski definition) is 0. The zero-order valence-electron chi connectivity index (χ0n) is 6.40. The van der Waals surface area contributed by atoms with Gasteiger partial charge in [0.25, 0.3) is 0 Å². The molecule has 0 amide bonds. The Morgan fingerprint density at radius 3 is 2.40 bits per heavy atom. The van der Waals surface area contributed by atoms with Crippen LogP contribution in [0.15, 0.2) is 24.2 Å². The Balaban J connectivity index is 0. The molecule has 0 saturated heterocycles. The van der Waals surface area contributed by atoms with Crippen molar-refractivity contribution in [1.82, 2.24) is 0 Å². The van der Waals surface area contributed by atoms with Gasteiger partial charge in [-0.15, -0.1) is 12.2 Å². The normalized spacial score (nSPS) is 14.2. The minimum atomic E-state index is 0. The van der Waals surface area contributed by atoms with Crippen LogP contribution in [0.3, 0.4) is 0 Å². The van der Waals surface area contributed by atoms with Crippen LogP contribution in [0.1, 0.15) is 13.8 Å². The van der Waals surface area contributed by atoms with Crippen LogP contribution in [0.25, 0.3) is 0 Å². The van der Waals surface area contributed by atoms with Crippen LogP contribution < -0.4 is 0 Å². The maximum absolute atomic E-state index is 5.01. The van der Waals surface area contributed by atoms with Crippen molar-refractivity contribution in [2.24, 2.45) is 0 Å². The quantitative estimate of drug-likeness (QED) is 0.582. The van der Waals surface area contributed by atoms with Gasteiger partial charge in [-0.3, -0.25) is 0 Å². The third-order valence-electron chi connectivity index (χ3n) is 1.02. The summed E-state index contributed by atoms with van der Waals surface area (Å²) in [6.45, 7) is 3.98. The summed E-state index contributed by atoms with van der Waals surface area (Å²) in [6, 6.07) is 0. The second-order valence-electron chi connectivity index (χ2n) is 1.92. The summed E-state index contributed by atoms with van der Waals surface area (Å²) in [7, 11) is 0. The van der Waals surface area contributed by atoms with Crippen molar-refractivity contribution in [1.29, 1.82) is 0 Å². The predicted octanol–water partition coefficient (Wildman–Crippen LogP) is 2.48. The number of ether oxygens (including phenoxy) is 1. The molecule has 2 heteroatoms. The fraction of sp³-hybridized carbons (Fsp3) is 0.250. The summed E-state index contributed by atoms with van der Waals surface area (Å²) in [5.41, 5.74) is 0. The van der Waals surface area contributed by atoms with Crippen molar-refractivity contribution < 1.29 is 4.74 Å². The molecule has 0 bridgehead atoms. The van der Waals surface area contributed by atoms with E-state index in [0.717, 1.165) is 5.76 Å². The summed E-state index contributed by atoms with van der Waals surface area (Å²) in [5.74, 6) is 2.21. The van der Waals surface area contributed by atoms with Crippen LogP contribution in [0.2, 0.25) is 0 Å². The monoisotopic (exact) mass is 386 g/mol. The Kier molecular flexibility index (Phi) is 4.48. The van der Waals surface area contributed by atoms with Gasteiger partial charge in [0.15, 0.2) is 0 Å². The van der Waals surface area contributed by atoms with E-state index < -0.39 is 0 Å². The molecule has 1 nitrogen and oxygen atoms in total. The average molecular weight is 386 g/mol. The molecule has 0 aromatic heterocycles. The minimum Gasteiger partial charge on any atom is -0.584 e. The van der Waals surface area contributed by atoms with Crippen LogP contribution >= 0.6 is 0 Å². The van der Waals surface area contributed by atoms with Crippen molar-refractivity contribution in [2.45, 2.75) is 13.8 Å². The molecule has 1 aliphatic heterocycles. The summed E-state index contributed by atoms with van der Waals surface area (Å²) in [6.07, 6.45) is 5.64. The first-order chi connectivity index (χ1) is 3.79.